The minimum absolute atomic E-state index is 0.101. The molecule has 188 valence electrons. The normalized spacial score (nSPS) is 58.1. The van der Waals surface area contributed by atoms with Crippen LogP contribution < -0.4 is 0 Å². The molecule has 5 saturated carbocycles. The van der Waals surface area contributed by atoms with Crippen LogP contribution in [0.1, 0.15) is 112 Å². The van der Waals surface area contributed by atoms with Gasteiger partial charge in [0, 0.05) is 6.61 Å². The van der Waals surface area contributed by atoms with Crippen LogP contribution in [0, 0.1) is 56.7 Å². The van der Waals surface area contributed by atoms with E-state index in [-0.39, 0.29) is 16.9 Å². The molecule has 0 aliphatic heterocycles. The zero-order valence-electron chi connectivity index (χ0n) is 22.6. The first kappa shape index (κ1) is 24.4. The van der Waals surface area contributed by atoms with E-state index in [1.54, 1.807) is 0 Å². The van der Waals surface area contributed by atoms with Crippen LogP contribution in [0.15, 0.2) is 12.2 Å². The van der Waals surface area contributed by atoms with E-state index in [0.29, 0.717) is 46.5 Å². The number of fused-ring (bicyclic) bond motifs is 7. The molecule has 3 unspecified atom stereocenters. The van der Waals surface area contributed by atoms with Gasteiger partial charge in [-0.1, -0.05) is 53.7 Å². The van der Waals surface area contributed by atoms with E-state index in [9.17, 15) is 10.2 Å². The highest BCUT2D eigenvalue weighted by atomic mass is 16.3. The van der Waals surface area contributed by atoms with Crippen molar-refractivity contribution in [1.29, 1.82) is 0 Å². The maximum Gasteiger partial charge on any atom is 0.0568 e. The predicted octanol–water partition coefficient (Wildman–Crippen LogP) is 7.39. The van der Waals surface area contributed by atoms with Gasteiger partial charge in [-0.15, -0.1) is 0 Å². The zero-order valence-corrected chi connectivity index (χ0v) is 22.6. The van der Waals surface area contributed by atoms with E-state index in [0.717, 1.165) is 18.8 Å². The van der Waals surface area contributed by atoms with Crippen molar-refractivity contribution in [2.75, 3.05) is 6.61 Å². The Hall–Kier alpha value is -0.340. The van der Waals surface area contributed by atoms with Crippen LogP contribution in [0.5, 0.6) is 0 Å². The second-order valence-corrected chi connectivity index (χ2v) is 14.5. The van der Waals surface area contributed by atoms with Crippen LogP contribution in [0.25, 0.3) is 0 Å². The SMILES string of the molecule is C=C(CC)[C@@H]1CC[C@]2(CO)CC[C@]3(C)[C@](C)(CCC4[C@@]5(C)CC[C@H](O)[C@H](C)C5CC[C@]43C)C12. The van der Waals surface area contributed by atoms with Crippen molar-refractivity contribution in [2.24, 2.45) is 56.7 Å². The van der Waals surface area contributed by atoms with E-state index in [2.05, 4.69) is 48.1 Å². The topological polar surface area (TPSA) is 40.5 Å². The second kappa shape index (κ2) is 7.58. The Morgan fingerprint density at radius 2 is 1.58 bits per heavy atom. The maximum atomic E-state index is 10.8. The molecule has 0 aromatic carbocycles. The first-order chi connectivity index (χ1) is 15.4. The van der Waals surface area contributed by atoms with Gasteiger partial charge in [0.2, 0.25) is 0 Å². The summed E-state index contributed by atoms with van der Waals surface area (Å²) in [7, 11) is 0. The summed E-state index contributed by atoms with van der Waals surface area (Å²) < 4.78 is 0. The lowest BCUT2D eigenvalue weighted by atomic mass is 9.29. The fraction of sp³-hybridized carbons (Fsp3) is 0.935. The summed E-state index contributed by atoms with van der Waals surface area (Å²) in [6.07, 6.45) is 13.3. The van der Waals surface area contributed by atoms with Gasteiger partial charge >= 0.3 is 0 Å². The molecule has 2 nitrogen and oxygen atoms in total. The van der Waals surface area contributed by atoms with E-state index < -0.39 is 0 Å². The molecule has 0 amide bonds. The highest BCUT2D eigenvalue weighted by Crippen LogP contribution is 2.80. The number of aliphatic hydroxyl groups excluding tert-OH is 2. The number of hydrogen-bond acceptors (Lipinski definition) is 2. The lowest BCUT2D eigenvalue weighted by Crippen LogP contribution is -2.69. The lowest BCUT2D eigenvalue weighted by molar-refractivity contribution is -0.272. The van der Waals surface area contributed by atoms with Crippen LogP contribution in [0.4, 0.5) is 0 Å². The van der Waals surface area contributed by atoms with Crippen molar-refractivity contribution in [3.8, 4) is 0 Å². The van der Waals surface area contributed by atoms with Crippen molar-refractivity contribution >= 4 is 0 Å². The van der Waals surface area contributed by atoms with E-state index in [1.807, 2.05) is 0 Å². The molecule has 33 heavy (non-hydrogen) atoms. The number of allylic oxidation sites excluding steroid dienone is 1. The van der Waals surface area contributed by atoms with Crippen molar-refractivity contribution in [2.45, 2.75) is 118 Å². The first-order valence-electron chi connectivity index (χ1n) is 14.4. The molecule has 0 spiro atoms. The van der Waals surface area contributed by atoms with Gasteiger partial charge in [0.1, 0.15) is 0 Å². The fourth-order valence-corrected chi connectivity index (χ4v) is 12.0. The van der Waals surface area contributed by atoms with Gasteiger partial charge in [0.05, 0.1) is 6.10 Å². The smallest absolute Gasteiger partial charge is 0.0568 e. The van der Waals surface area contributed by atoms with Gasteiger partial charge in [-0.3, -0.25) is 0 Å². The molecule has 0 saturated heterocycles. The van der Waals surface area contributed by atoms with Gasteiger partial charge in [0.25, 0.3) is 0 Å². The Kier molecular flexibility index (Phi) is 5.60. The van der Waals surface area contributed by atoms with E-state index in [4.69, 9.17) is 0 Å². The highest BCUT2D eigenvalue weighted by Gasteiger charge is 2.73. The van der Waals surface area contributed by atoms with Gasteiger partial charge in [0.15, 0.2) is 0 Å². The van der Waals surface area contributed by atoms with Gasteiger partial charge in [-0.25, -0.2) is 0 Å². The zero-order chi connectivity index (χ0) is 24.0. The third-order valence-electron chi connectivity index (χ3n) is 14.2. The van der Waals surface area contributed by atoms with Gasteiger partial charge < -0.3 is 10.2 Å². The average molecular weight is 457 g/mol. The van der Waals surface area contributed by atoms with E-state index >= 15 is 0 Å². The number of aliphatic hydroxyl groups is 2. The van der Waals surface area contributed by atoms with Crippen molar-refractivity contribution in [3.63, 3.8) is 0 Å². The highest BCUT2D eigenvalue weighted by molar-refractivity contribution is 5.24. The Morgan fingerprint density at radius 3 is 2.24 bits per heavy atom. The summed E-state index contributed by atoms with van der Waals surface area (Å²) in [5, 5.41) is 21.5. The first-order valence-corrected chi connectivity index (χ1v) is 14.4. The summed E-state index contributed by atoms with van der Waals surface area (Å²) >= 11 is 0. The second-order valence-electron chi connectivity index (χ2n) is 14.5. The maximum absolute atomic E-state index is 10.8. The molecule has 0 aromatic heterocycles. The van der Waals surface area contributed by atoms with E-state index in [1.165, 1.54) is 63.4 Å². The third-order valence-corrected chi connectivity index (χ3v) is 14.2. The molecule has 11 atom stereocenters. The third kappa shape index (κ3) is 2.80. The van der Waals surface area contributed by atoms with Crippen LogP contribution in [0.3, 0.4) is 0 Å². The molecule has 0 aromatic rings. The summed E-state index contributed by atoms with van der Waals surface area (Å²) in [6, 6.07) is 0. The molecule has 5 rings (SSSR count). The molecule has 5 aliphatic carbocycles. The Labute approximate surface area is 204 Å². The lowest BCUT2D eigenvalue weighted by Gasteiger charge is -2.75. The Bertz CT molecular complexity index is 805. The van der Waals surface area contributed by atoms with Crippen LogP contribution in [-0.4, -0.2) is 22.9 Å². The quantitative estimate of drug-likeness (QED) is 0.435. The predicted molar refractivity (Wildman–Crippen MR) is 137 cm³/mol. The summed E-state index contributed by atoms with van der Waals surface area (Å²) in [6.45, 7) is 20.2. The fourth-order valence-electron chi connectivity index (χ4n) is 12.0. The molecule has 2 N–H and O–H groups in total. The monoisotopic (exact) mass is 456 g/mol. The minimum atomic E-state index is -0.101. The van der Waals surface area contributed by atoms with Crippen molar-refractivity contribution in [1.82, 2.24) is 0 Å². The molecule has 0 heterocycles. The molecular formula is C31H52O2. The average Bonchev–Trinajstić information content (AvgIpc) is 3.19. The summed E-state index contributed by atoms with van der Waals surface area (Å²) in [4.78, 5) is 0. The van der Waals surface area contributed by atoms with Crippen LogP contribution >= 0.6 is 0 Å². The summed E-state index contributed by atoms with van der Waals surface area (Å²) in [5.41, 5.74) is 2.83. The molecular weight excluding hydrogens is 404 g/mol. The Morgan fingerprint density at radius 1 is 0.879 bits per heavy atom. The van der Waals surface area contributed by atoms with Gasteiger partial charge in [-0.05, 0) is 127 Å². The van der Waals surface area contributed by atoms with Crippen molar-refractivity contribution < 1.29 is 10.2 Å². The molecule has 5 aliphatic rings. The minimum Gasteiger partial charge on any atom is -0.396 e. The number of hydrogen-bond donors (Lipinski definition) is 2. The van der Waals surface area contributed by atoms with Crippen LogP contribution in [0.2, 0.25) is 0 Å². The van der Waals surface area contributed by atoms with Crippen molar-refractivity contribution in [3.05, 3.63) is 12.2 Å². The molecule has 5 fully saturated rings. The number of rotatable bonds is 3. The molecule has 0 radical (unpaired) electrons. The standard InChI is InChI=1S/C31H52O2/c1-8-20(2)22-9-16-31(19-32)18-17-30(7)28(5)14-10-23-21(3)24(33)11-13-27(23,4)25(28)12-15-29(30,6)26(22)31/h21-26,32-33H,2,8-19H2,1,3-7H3/t21-,22+,23?,24+,25?,26?,27+,28-,29-,30+,31-/m1/s1. The largest absolute Gasteiger partial charge is 0.396 e. The molecule has 2 heteroatoms. The molecule has 0 bridgehead atoms. The van der Waals surface area contributed by atoms with Gasteiger partial charge in [-0.2, -0.15) is 0 Å². The Balaban J connectivity index is 1.58. The van der Waals surface area contributed by atoms with Crippen LogP contribution in [-0.2, 0) is 0 Å². The summed E-state index contributed by atoms with van der Waals surface area (Å²) in [5.74, 6) is 3.04.